The molecule has 0 aliphatic rings. The van der Waals surface area contributed by atoms with Gasteiger partial charge >= 0.3 is 0 Å². The SMILES string of the molecule is CC.CC.CC.CC.CCc1ccc(-c2nc(COCC(=O)CCCc3cccnc3)c(C)o2)cc1.Cc1ccc(-c2nc(COCC(=O)CCCc3cccnc3)c(C)o2)cc1.Cc1ccc(-c2nc(COCC(=O)CCCc3cccnc3)c(C)o2)cc1.Cc1ccc(-c2nc(COCC(=O)CCCc3cccnc3)c(C)o2)cc1. The first-order valence-electron chi connectivity index (χ1n) is 41.1. The molecule has 0 atom stereocenters. The van der Waals surface area contributed by atoms with Crippen molar-refractivity contribution in [3.63, 3.8) is 0 Å². The highest BCUT2D eigenvalue weighted by Crippen LogP contribution is 2.27. The quantitative estimate of drug-likeness (QED) is 0.0350. The number of carbonyl (C=O) groups is 4. The van der Waals surface area contributed by atoms with Gasteiger partial charge in [-0.15, -0.1) is 0 Å². The van der Waals surface area contributed by atoms with Crippen molar-refractivity contribution in [2.75, 3.05) is 26.4 Å². The van der Waals surface area contributed by atoms with Crippen LogP contribution >= 0.6 is 0 Å². The molecule has 12 aromatic rings. The summed E-state index contributed by atoms with van der Waals surface area (Å²) in [6.45, 7) is 33.2. The molecule has 0 unspecified atom stereocenters. The van der Waals surface area contributed by atoms with E-state index >= 15 is 0 Å². The second kappa shape index (κ2) is 56.2. The minimum Gasteiger partial charge on any atom is -0.441 e. The minimum absolute atomic E-state index is 0.0961. The third-order valence-corrected chi connectivity index (χ3v) is 17.7. The summed E-state index contributed by atoms with van der Waals surface area (Å²) in [7, 11) is 0. The van der Waals surface area contributed by atoms with Crippen LogP contribution in [0.15, 0.2) is 213 Å². The summed E-state index contributed by atoms with van der Waals surface area (Å²) in [5, 5.41) is 0. The number of carbonyl (C=O) groups excluding carboxylic acids is 4. The fourth-order valence-corrected chi connectivity index (χ4v) is 11.2. The van der Waals surface area contributed by atoms with E-state index in [9.17, 15) is 19.2 Å². The van der Waals surface area contributed by atoms with Gasteiger partial charge in [0.15, 0.2) is 23.1 Å². The third-order valence-electron chi connectivity index (χ3n) is 17.7. The first kappa shape index (κ1) is 96.4. The Bertz CT molecular complexity index is 4340. The minimum atomic E-state index is 0.0961. The highest BCUT2D eigenvalue weighted by atomic mass is 16.5. The van der Waals surface area contributed by atoms with Crippen LogP contribution in [-0.4, -0.2) is 89.4 Å². The number of hydrogen-bond donors (Lipinski definition) is 0. The number of nitrogens with zero attached hydrogens (tertiary/aromatic N) is 8. The zero-order chi connectivity index (χ0) is 85.0. The Hall–Kier alpha value is -11.2. The number of pyridine rings is 4. The van der Waals surface area contributed by atoms with Crippen molar-refractivity contribution in [2.45, 2.75) is 221 Å². The van der Waals surface area contributed by atoms with E-state index in [1.807, 2.05) is 262 Å². The number of rotatable bonds is 37. The number of aromatic nitrogens is 8. The van der Waals surface area contributed by atoms with Crippen molar-refractivity contribution in [3.05, 3.63) is 285 Å². The number of ether oxygens (including phenoxy) is 4. The van der Waals surface area contributed by atoms with Crippen molar-refractivity contribution < 1.29 is 55.8 Å². The first-order chi connectivity index (χ1) is 57.0. The Balaban J connectivity index is 0.000000270. The molecule has 0 saturated carbocycles. The predicted molar refractivity (Wildman–Crippen MR) is 463 cm³/mol. The van der Waals surface area contributed by atoms with Crippen LogP contribution in [0.25, 0.3) is 45.8 Å². The molecule has 0 aliphatic heterocycles. The average Bonchev–Trinajstić information content (AvgIpc) is 1.72. The normalized spacial score (nSPS) is 10.4. The molecular weight excluding hydrogens is 1470 g/mol. The van der Waals surface area contributed by atoms with Gasteiger partial charge in [-0.3, -0.25) is 39.1 Å². The number of aryl methyl sites for hydroxylation is 12. The van der Waals surface area contributed by atoms with E-state index < -0.39 is 0 Å². The Labute approximate surface area is 693 Å². The Kier molecular flexibility index (Phi) is 46.3. The molecule has 0 fully saturated rings. The summed E-state index contributed by atoms with van der Waals surface area (Å²) < 4.78 is 45.2. The fourth-order valence-electron chi connectivity index (χ4n) is 11.2. The lowest BCUT2D eigenvalue weighted by molar-refractivity contribution is -0.124. The smallest absolute Gasteiger partial charge is 0.226 e. The maximum absolute atomic E-state index is 12.0. The van der Waals surface area contributed by atoms with E-state index in [0.717, 1.165) is 148 Å². The highest BCUT2D eigenvalue weighted by molar-refractivity contribution is 5.81. The van der Waals surface area contributed by atoms with Gasteiger partial charge in [0.1, 0.15) is 72.2 Å². The van der Waals surface area contributed by atoms with E-state index in [1.54, 1.807) is 24.8 Å². The van der Waals surface area contributed by atoms with Crippen LogP contribution in [0.1, 0.15) is 204 Å². The molecule has 4 aromatic carbocycles. The first-order valence-corrected chi connectivity index (χ1v) is 41.1. The number of benzene rings is 4. The molecule has 0 aliphatic carbocycles. The van der Waals surface area contributed by atoms with Crippen molar-refractivity contribution in [2.24, 2.45) is 0 Å². The number of oxazole rings is 4. The van der Waals surface area contributed by atoms with Crippen molar-refractivity contribution in [1.29, 1.82) is 0 Å². The van der Waals surface area contributed by atoms with Gasteiger partial charge in [0.25, 0.3) is 0 Å². The molecule has 0 N–H and O–H groups in total. The summed E-state index contributed by atoms with van der Waals surface area (Å²) >= 11 is 0. The average molecular weight is 1590 g/mol. The van der Waals surface area contributed by atoms with Gasteiger partial charge in [-0.2, -0.15) is 0 Å². The molecular formula is C97H122N8O12. The van der Waals surface area contributed by atoms with Gasteiger partial charge in [-0.25, -0.2) is 19.9 Å². The second-order valence-electron chi connectivity index (χ2n) is 26.7. The Morgan fingerprint density at radius 3 is 0.701 bits per heavy atom. The van der Waals surface area contributed by atoms with Gasteiger partial charge in [-0.1, -0.05) is 152 Å². The molecule has 0 saturated heterocycles. The van der Waals surface area contributed by atoms with E-state index in [1.165, 1.54) is 22.3 Å². The molecule has 8 aromatic heterocycles. The molecule has 8 heterocycles. The van der Waals surface area contributed by atoms with E-state index in [0.29, 0.717) is 49.2 Å². The van der Waals surface area contributed by atoms with Crippen LogP contribution in [0, 0.1) is 48.5 Å². The van der Waals surface area contributed by atoms with Gasteiger partial charge in [-0.05, 0) is 207 Å². The summed E-state index contributed by atoms with van der Waals surface area (Å²) in [5.74, 6) is 5.58. The Morgan fingerprint density at radius 2 is 0.504 bits per heavy atom. The number of Topliss-reactive ketones (excluding diaryl/α,β-unsaturated/α-hetero) is 4. The standard InChI is InChI=1S/C23H26N2O3.3C22H24N2O3.4C2H6/c1-3-18-9-11-20(12-10-18)23-25-22(17(2)28-23)16-27-15-21(26)8-4-6-19-7-5-13-24-14-19;3*1-16-8-10-19(11-9-16)22-24-21(17(2)27-22)15-26-14-20(25)7-3-5-18-6-4-12-23-13-18;4*1-2/h5,7,9-14H,3-4,6,8,15-16H2,1-2H3;3*4,6,8-13H,3,5,7,14-15H2,1-2H3;4*1-2H3. The van der Waals surface area contributed by atoms with Crippen LogP contribution in [0.5, 0.6) is 0 Å². The van der Waals surface area contributed by atoms with E-state index in [4.69, 9.17) is 36.6 Å². The Morgan fingerprint density at radius 1 is 0.291 bits per heavy atom. The van der Waals surface area contributed by atoms with Crippen LogP contribution < -0.4 is 0 Å². The van der Waals surface area contributed by atoms with Crippen LogP contribution in [0.3, 0.4) is 0 Å². The lowest BCUT2D eigenvalue weighted by Crippen LogP contribution is -2.09. The molecule has 20 heteroatoms. The van der Waals surface area contributed by atoms with Gasteiger partial charge in [0.05, 0.1) is 26.4 Å². The number of hydrogen-bond acceptors (Lipinski definition) is 20. The van der Waals surface area contributed by atoms with Crippen LogP contribution in [-0.2, 0) is 96.7 Å². The van der Waals surface area contributed by atoms with Crippen molar-refractivity contribution in [3.8, 4) is 45.8 Å². The van der Waals surface area contributed by atoms with Crippen LogP contribution in [0.4, 0.5) is 0 Å². The summed E-state index contributed by atoms with van der Waals surface area (Å²) in [6.07, 6.45) is 23.9. The molecule has 0 spiro atoms. The summed E-state index contributed by atoms with van der Waals surface area (Å²) in [4.78, 5) is 82.3. The van der Waals surface area contributed by atoms with Crippen molar-refractivity contribution >= 4 is 23.1 Å². The highest BCUT2D eigenvalue weighted by Gasteiger charge is 2.18. The maximum Gasteiger partial charge on any atom is 0.226 e. The van der Waals surface area contributed by atoms with E-state index in [2.05, 4.69) is 58.9 Å². The largest absolute Gasteiger partial charge is 0.441 e. The molecule has 622 valence electrons. The molecule has 12 rings (SSSR count). The van der Waals surface area contributed by atoms with Crippen molar-refractivity contribution in [1.82, 2.24) is 39.9 Å². The molecule has 0 bridgehead atoms. The summed E-state index contributed by atoms with van der Waals surface area (Å²) in [6, 6.07) is 47.9. The zero-order valence-electron chi connectivity index (χ0n) is 71.8. The van der Waals surface area contributed by atoms with Crippen LogP contribution in [0.2, 0.25) is 0 Å². The second-order valence-corrected chi connectivity index (χ2v) is 26.7. The molecule has 117 heavy (non-hydrogen) atoms. The molecule has 20 nitrogen and oxygen atoms in total. The van der Waals surface area contributed by atoms with E-state index in [-0.39, 0.29) is 76.0 Å². The summed E-state index contributed by atoms with van der Waals surface area (Å²) in [5.41, 5.74) is 16.1. The third kappa shape index (κ3) is 36.3. The van der Waals surface area contributed by atoms with Gasteiger partial charge < -0.3 is 36.6 Å². The predicted octanol–water partition coefficient (Wildman–Crippen LogP) is 22.2. The topological polar surface area (TPSA) is 261 Å². The maximum atomic E-state index is 12.0. The number of ketones is 4. The zero-order valence-corrected chi connectivity index (χ0v) is 71.8. The monoisotopic (exact) mass is 1590 g/mol. The van der Waals surface area contributed by atoms with Gasteiger partial charge in [0.2, 0.25) is 23.6 Å². The lowest BCUT2D eigenvalue weighted by Gasteiger charge is -2.03. The fraction of sp³-hybridized carbons (Fsp3) is 0.381. The molecule has 0 radical (unpaired) electrons. The lowest BCUT2D eigenvalue weighted by atomic mass is 10.1. The molecule has 0 amide bonds. The van der Waals surface area contributed by atoms with Gasteiger partial charge in [0, 0.05) is 97.5 Å².